The number of nitrogens with one attached hydrogen (secondary N) is 1. The normalized spacial score (nSPS) is 28.8. The van der Waals surface area contributed by atoms with E-state index in [2.05, 4.69) is 30.3 Å². The van der Waals surface area contributed by atoms with Crippen LogP contribution < -0.4 is 10.2 Å². The number of phenolic OH excluding ortho intramolecular Hbond substituents is 1. The van der Waals surface area contributed by atoms with Crippen LogP contribution in [0.25, 0.3) is 0 Å². The summed E-state index contributed by atoms with van der Waals surface area (Å²) in [5, 5.41) is 13.4. The van der Waals surface area contributed by atoms with E-state index in [0.717, 1.165) is 35.5 Å². The van der Waals surface area contributed by atoms with Gasteiger partial charge in [-0.05, 0) is 57.1 Å². The average Bonchev–Trinajstić information content (AvgIpc) is 3.08. The Bertz CT molecular complexity index is 502. The first-order valence-electron chi connectivity index (χ1n) is 8.29. The highest BCUT2D eigenvalue weighted by atomic mass is 16.3. The van der Waals surface area contributed by atoms with E-state index in [1.807, 2.05) is 19.2 Å². The zero-order valence-corrected chi connectivity index (χ0v) is 13.5. The minimum absolute atomic E-state index is 0.176. The van der Waals surface area contributed by atoms with Gasteiger partial charge >= 0.3 is 0 Å². The summed E-state index contributed by atoms with van der Waals surface area (Å²) in [6.07, 6.45) is 5.77. The molecular weight excluding hydrogens is 260 g/mol. The number of hydrogen-bond acceptors (Lipinski definition) is 3. The Hall–Kier alpha value is -1.22. The molecule has 4 unspecified atom stereocenters. The van der Waals surface area contributed by atoms with Crippen molar-refractivity contribution in [3.63, 3.8) is 0 Å². The van der Waals surface area contributed by atoms with Gasteiger partial charge in [-0.15, -0.1) is 0 Å². The molecule has 0 aliphatic heterocycles. The molecule has 0 radical (unpaired) electrons. The molecule has 116 valence electrons. The van der Waals surface area contributed by atoms with Crippen molar-refractivity contribution in [2.24, 2.45) is 17.8 Å². The monoisotopic (exact) mass is 288 g/mol. The Morgan fingerprint density at radius 3 is 2.71 bits per heavy atom. The summed E-state index contributed by atoms with van der Waals surface area (Å²) in [5.41, 5.74) is 2.09. The van der Waals surface area contributed by atoms with Crippen LogP contribution in [-0.2, 0) is 0 Å². The lowest BCUT2D eigenvalue weighted by molar-refractivity contribution is 0.337. The Labute approximate surface area is 128 Å². The van der Waals surface area contributed by atoms with Crippen LogP contribution in [0.3, 0.4) is 0 Å². The van der Waals surface area contributed by atoms with Crippen molar-refractivity contribution in [2.45, 2.75) is 38.6 Å². The van der Waals surface area contributed by atoms with Crippen LogP contribution in [0, 0.1) is 17.8 Å². The van der Waals surface area contributed by atoms with E-state index in [9.17, 15) is 5.11 Å². The molecule has 2 aliphatic carbocycles. The van der Waals surface area contributed by atoms with Crippen LogP contribution in [0.15, 0.2) is 18.2 Å². The molecule has 2 N–H and O–H groups in total. The second kappa shape index (κ2) is 5.88. The lowest BCUT2D eigenvalue weighted by atomic mass is 9.88. The number of fused-ring (bicyclic) bond motifs is 2. The van der Waals surface area contributed by atoms with Crippen molar-refractivity contribution >= 4 is 5.69 Å². The van der Waals surface area contributed by atoms with Crippen molar-refractivity contribution in [2.75, 3.05) is 25.5 Å². The predicted molar refractivity (Wildman–Crippen MR) is 87.8 cm³/mol. The molecule has 2 fully saturated rings. The molecule has 2 saturated carbocycles. The van der Waals surface area contributed by atoms with E-state index >= 15 is 0 Å². The molecule has 0 heterocycles. The van der Waals surface area contributed by atoms with Gasteiger partial charge in [0, 0.05) is 37.0 Å². The molecule has 0 amide bonds. The smallest absolute Gasteiger partial charge is 0.122 e. The maximum absolute atomic E-state index is 10.2. The highest BCUT2D eigenvalue weighted by Crippen LogP contribution is 2.48. The molecular formula is C18H28N2O. The van der Waals surface area contributed by atoms with Crippen molar-refractivity contribution in [1.29, 1.82) is 0 Å². The molecule has 2 aliphatic rings. The van der Waals surface area contributed by atoms with Gasteiger partial charge in [-0.3, -0.25) is 0 Å². The van der Waals surface area contributed by atoms with Crippen LogP contribution in [-0.4, -0.2) is 25.7 Å². The summed E-state index contributed by atoms with van der Waals surface area (Å²) >= 11 is 0. The highest BCUT2D eigenvalue weighted by molar-refractivity contribution is 5.53. The Kier molecular flexibility index (Phi) is 4.12. The number of aromatic hydroxyl groups is 1. The van der Waals surface area contributed by atoms with Crippen LogP contribution in [0.5, 0.6) is 5.75 Å². The number of hydrogen-bond donors (Lipinski definition) is 2. The van der Waals surface area contributed by atoms with Crippen molar-refractivity contribution in [3.8, 4) is 5.75 Å². The van der Waals surface area contributed by atoms with E-state index < -0.39 is 0 Å². The number of nitrogens with zero attached hydrogens (tertiary/aromatic N) is 1. The van der Waals surface area contributed by atoms with Crippen LogP contribution in [0.2, 0.25) is 0 Å². The van der Waals surface area contributed by atoms with E-state index in [1.54, 1.807) is 0 Å². The summed E-state index contributed by atoms with van der Waals surface area (Å²) in [6, 6.07) is 6.27. The van der Waals surface area contributed by atoms with Gasteiger partial charge in [-0.1, -0.05) is 12.5 Å². The Balaban J connectivity index is 1.67. The van der Waals surface area contributed by atoms with E-state index in [4.69, 9.17) is 0 Å². The van der Waals surface area contributed by atoms with Gasteiger partial charge in [0.2, 0.25) is 0 Å². The fourth-order valence-corrected chi connectivity index (χ4v) is 4.35. The van der Waals surface area contributed by atoms with Crippen molar-refractivity contribution in [3.05, 3.63) is 23.8 Å². The minimum atomic E-state index is 0.176. The summed E-state index contributed by atoms with van der Waals surface area (Å²) in [5.74, 6) is 3.20. The van der Waals surface area contributed by atoms with Gasteiger partial charge in [-0.25, -0.2) is 0 Å². The Morgan fingerprint density at radius 1 is 1.33 bits per heavy atom. The first-order chi connectivity index (χ1) is 10.1. The standard InChI is InChI=1S/C18H28N2O/c1-12(19-2)17-7-6-16(10-18(17)21)20(3)11-15-9-13-4-5-14(15)8-13/h6-7,10,12-15,19,21H,4-5,8-9,11H2,1-3H3. The molecule has 1 aromatic rings. The number of benzene rings is 1. The molecule has 3 heteroatoms. The van der Waals surface area contributed by atoms with Crippen molar-refractivity contribution in [1.82, 2.24) is 5.32 Å². The van der Waals surface area contributed by atoms with E-state index in [1.165, 1.54) is 25.7 Å². The van der Waals surface area contributed by atoms with Crippen LogP contribution >= 0.6 is 0 Å². The topological polar surface area (TPSA) is 35.5 Å². The first-order valence-corrected chi connectivity index (χ1v) is 8.29. The fourth-order valence-electron chi connectivity index (χ4n) is 4.35. The van der Waals surface area contributed by atoms with Gasteiger partial charge < -0.3 is 15.3 Å². The van der Waals surface area contributed by atoms with Crippen LogP contribution in [0.1, 0.15) is 44.2 Å². The highest BCUT2D eigenvalue weighted by Gasteiger charge is 2.39. The zero-order valence-electron chi connectivity index (χ0n) is 13.5. The maximum Gasteiger partial charge on any atom is 0.122 e. The second-order valence-electron chi connectivity index (χ2n) is 7.07. The lowest BCUT2D eigenvalue weighted by Crippen LogP contribution is -2.28. The molecule has 4 atom stereocenters. The lowest BCUT2D eigenvalue weighted by Gasteiger charge is -2.29. The molecule has 0 spiro atoms. The van der Waals surface area contributed by atoms with Crippen LogP contribution in [0.4, 0.5) is 5.69 Å². The van der Waals surface area contributed by atoms with E-state index in [0.29, 0.717) is 5.75 Å². The zero-order chi connectivity index (χ0) is 15.0. The van der Waals surface area contributed by atoms with E-state index in [-0.39, 0.29) is 6.04 Å². The molecule has 0 aromatic heterocycles. The minimum Gasteiger partial charge on any atom is -0.508 e. The summed E-state index contributed by atoms with van der Waals surface area (Å²) < 4.78 is 0. The fraction of sp³-hybridized carbons (Fsp3) is 0.667. The number of rotatable bonds is 5. The predicted octanol–water partition coefficient (Wildman–Crippen LogP) is 3.55. The Morgan fingerprint density at radius 2 is 2.14 bits per heavy atom. The first kappa shape index (κ1) is 14.7. The number of anilines is 1. The van der Waals surface area contributed by atoms with Gasteiger partial charge in [-0.2, -0.15) is 0 Å². The summed E-state index contributed by atoms with van der Waals surface area (Å²) in [7, 11) is 4.07. The third kappa shape index (κ3) is 2.89. The third-order valence-corrected chi connectivity index (χ3v) is 5.75. The van der Waals surface area contributed by atoms with Crippen molar-refractivity contribution < 1.29 is 5.11 Å². The number of phenols is 1. The van der Waals surface area contributed by atoms with Gasteiger partial charge in [0.15, 0.2) is 0 Å². The quantitative estimate of drug-likeness (QED) is 0.870. The van der Waals surface area contributed by atoms with Gasteiger partial charge in [0.1, 0.15) is 5.75 Å². The van der Waals surface area contributed by atoms with Gasteiger partial charge in [0.25, 0.3) is 0 Å². The molecule has 1 aromatic carbocycles. The molecule has 3 rings (SSSR count). The third-order valence-electron chi connectivity index (χ3n) is 5.75. The molecule has 2 bridgehead atoms. The largest absolute Gasteiger partial charge is 0.508 e. The molecule has 0 saturated heterocycles. The maximum atomic E-state index is 10.2. The molecule has 21 heavy (non-hydrogen) atoms. The van der Waals surface area contributed by atoms with Gasteiger partial charge in [0.05, 0.1) is 0 Å². The summed E-state index contributed by atoms with van der Waals surface area (Å²) in [4.78, 5) is 2.32. The average molecular weight is 288 g/mol. The second-order valence-corrected chi connectivity index (χ2v) is 7.07. The summed E-state index contributed by atoms with van der Waals surface area (Å²) in [6.45, 7) is 3.19. The molecule has 3 nitrogen and oxygen atoms in total. The SMILES string of the molecule is CNC(C)c1ccc(N(C)CC2CC3CCC2C3)cc1O.